The van der Waals surface area contributed by atoms with Crippen LogP contribution >= 0.6 is 0 Å². The molecule has 0 aliphatic heterocycles. The van der Waals surface area contributed by atoms with Gasteiger partial charge in [0.25, 0.3) is 0 Å². The molecule has 0 saturated heterocycles. The van der Waals surface area contributed by atoms with E-state index in [4.69, 9.17) is 10.8 Å². The summed E-state index contributed by atoms with van der Waals surface area (Å²) in [5.41, 5.74) is 6.72. The lowest BCUT2D eigenvalue weighted by Crippen LogP contribution is -2.37. The number of aryl methyl sites for hydroxylation is 1. The number of carbonyl (C=O) groups is 2. The first-order chi connectivity index (χ1) is 8.49. The largest absolute Gasteiger partial charge is 0.481 e. The Bertz CT molecular complexity index is 464. The van der Waals surface area contributed by atoms with Crippen molar-refractivity contribution in [2.75, 3.05) is 5.32 Å². The molecule has 5 nitrogen and oxygen atoms in total. The van der Waals surface area contributed by atoms with Crippen molar-refractivity contribution in [1.82, 2.24) is 0 Å². The van der Waals surface area contributed by atoms with Crippen molar-refractivity contribution in [2.45, 2.75) is 31.2 Å². The van der Waals surface area contributed by atoms with E-state index in [-0.39, 0.29) is 12.3 Å². The van der Waals surface area contributed by atoms with Crippen LogP contribution in [-0.4, -0.2) is 22.5 Å². The van der Waals surface area contributed by atoms with Gasteiger partial charge >= 0.3 is 5.97 Å². The molecule has 0 radical (unpaired) electrons. The van der Waals surface area contributed by atoms with Crippen molar-refractivity contribution in [3.8, 4) is 0 Å². The number of carbonyl (C=O) groups excluding carboxylic acids is 1. The molecular weight excluding hydrogens is 232 g/mol. The highest BCUT2D eigenvalue weighted by molar-refractivity contribution is 6.00. The molecule has 1 amide bonds. The molecule has 18 heavy (non-hydrogen) atoms. The quantitative estimate of drug-likeness (QED) is 0.728. The second-order valence-electron chi connectivity index (χ2n) is 4.70. The fourth-order valence-corrected chi connectivity index (χ4v) is 1.62. The number of hydrogen-bond donors (Lipinski definition) is 3. The van der Waals surface area contributed by atoms with Gasteiger partial charge in [-0.3, -0.25) is 9.59 Å². The molecule has 1 aromatic rings. The summed E-state index contributed by atoms with van der Waals surface area (Å²) in [6, 6.07) is 7.16. The van der Waals surface area contributed by atoms with E-state index < -0.39 is 11.5 Å². The molecule has 0 atom stereocenters. The zero-order chi connectivity index (χ0) is 13.2. The molecule has 1 aliphatic carbocycles. The van der Waals surface area contributed by atoms with Gasteiger partial charge in [-0.25, -0.2) is 0 Å². The van der Waals surface area contributed by atoms with Crippen LogP contribution in [0.5, 0.6) is 0 Å². The molecule has 1 aliphatic rings. The summed E-state index contributed by atoms with van der Waals surface area (Å²) in [5.74, 6) is -0.966. The van der Waals surface area contributed by atoms with Crippen LogP contribution in [0.25, 0.3) is 0 Å². The number of nitrogens with one attached hydrogen (secondary N) is 1. The second kappa shape index (κ2) is 4.78. The van der Waals surface area contributed by atoms with Gasteiger partial charge in [-0.05, 0) is 37.0 Å². The molecule has 4 N–H and O–H groups in total. The summed E-state index contributed by atoms with van der Waals surface area (Å²) in [7, 11) is 0. The maximum absolute atomic E-state index is 11.7. The van der Waals surface area contributed by atoms with Crippen LogP contribution in [0.2, 0.25) is 0 Å². The minimum atomic E-state index is -0.814. The van der Waals surface area contributed by atoms with E-state index in [1.807, 2.05) is 12.1 Å². The first-order valence-corrected chi connectivity index (χ1v) is 5.91. The fourth-order valence-electron chi connectivity index (χ4n) is 1.62. The normalized spacial score (nSPS) is 16.1. The number of anilines is 1. The Morgan fingerprint density at radius 1 is 1.28 bits per heavy atom. The summed E-state index contributed by atoms with van der Waals surface area (Å²) in [5, 5.41) is 11.3. The zero-order valence-corrected chi connectivity index (χ0v) is 9.98. The molecule has 1 fully saturated rings. The van der Waals surface area contributed by atoms with Gasteiger partial charge in [0.15, 0.2) is 0 Å². The molecule has 0 spiro atoms. The summed E-state index contributed by atoms with van der Waals surface area (Å²) in [6.07, 6.45) is 2.06. The van der Waals surface area contributed by atoms with Gasteiger partial charge in [0.2, 0.25) is 5.91 Å². The number of benzene rings is 1. The van der Waals surface area contributed by atoms with Gasteiger partial charge in [-0.1, -0.05) is 12.1 Å². The topological polar surface area (TPSA) is 92.4 Å². The van der Waals surface area contributed by atoms with Crippen molar-refractivity contribution >= 4 is 17.6 Å². The number of carboxylic acid groups (broad SMARTS) is 1. The molecule has 96 valence electrons. The van der Waals surface area contributed by atoms with Crippen molar-refractivity contribution in [1.29, 1.82) is 0 Å². The number of rotatable bonds is 5. The van der Waals surface area contributed by atoms with Crippen molar-refractivity contribution in [3.05, 3.63) is 29.8 Å². The Labute approximate surface area is 105 Å². The van der Waals surface area contributed by atoms with Gasteiger partial charge in [0, 0.05) is 12.1 Å². The Hall–Kier alpha value is -1.88. The maximum atomic E-state index is 11.7. The molecule has 0 aromatic heterocycles. The predicted octanol–water partition coefficient (Wildman–Crippen LogP) is 1.13. The van der Waals surface area contributed by atoms with E-state index in [2.05, 4.69) is 5.32 Å². The van der Waals surface area contributed by atoms with Crippen LogP contribution in [-0.2, 0) is 16.0 Å². The minimum Gasteiger partial charge on any atom is -0.481 e. The minimum absolute atomic E-state index is 0.109. The molecule has 2 rings (SSSR count). The molecular formula is C13H16N2O3. The smallest absolute Gasteiger partial charge is 0.303 e. The molecule has 0 heterocycles. The lowest BCUT2D eigenvalue weighted by Gasteiger charge is -2.10. The highest BCUT2D eigenvalue weighted by Crippen LogP contribution is 2.33. The third kappa shape index (κ3) is 3.07. The van der Waals surface area contributed by atoms with Gasteiger partial charge in [0.1, 0.15) is 0 Å². The van der Waals surface area contributed by atoms with Gasteiger partial charge in [0.05, 0.1) is 5.54 Å². The van der Waals surface area contributed by atoms with Crippen molar-refractivity contribution in [2.24, 2.45) is 5.73 Å². The number of nitrogens with two attached hydrogens (primary N) is 1. The summed E-state index contributed by atoms with van der Waals surface area (Å²) < 4.78 is 0. The molecule has 0 bridgehead atoms. The number of amides is 1. The molecule has 0 unspecified atom stereocenters. The standard InChI is InChI=1S/C13H16N2O3/c14-13(7-8-13)12(18)15-10-4-1-9(2-5-10)3-6-11(16)17/h1-2,4-5H,3,6-8,14H2,(H,15,18)(H,16,17). The van der Waals surface area contributed by atoms with E-state index in [1.165, 1.54) is 0 Å². The van der Waals surface area contributed by atoms with Crippen LogP contribution < -0.4 is 11.1 Å². The number of aliphatic carboxylic acids is 1. The number of carboxylic acids is 1. The second-order valence-corrected chi connectivity index (χ2v) is 4.70. The van der Waals surface area contributed by atoms with Crippen LogP contribution in [0.1, 0.15) is 24.8 Å². The predicted molar refractivity (Wildman–Crippen MR) is 67.2 cm³/mol. The molecule has 1 saturated carbocycles. The monoisotopic (exact) mass is 248 g/mol. The summed E-state index contributed by atoms with van der Waals surface area (Å²) >= 11 is 0. The lowest BCUT2D eigenvalue weighted by molar-refractivity contribution is -0.137. The fraction of sp³-hybridized carbons (Fsp3) is 0.385. The van der Waals surface area contributed by atoms with E-state index in [9.17, 15) is 9.59 Å². The first kappa shape index (κ1) is 12.6. The van der Waals surface area contributed by atoms with Crippen LogP contribution in [0.15, 0.2) is 24.3 Å². The summed E-state index contributed by atoms with van der Waals surface area (Å²) in [6.45, 7) is 0. The van der Waals surface area contributed by atoms with E-state index in [1.54, 1.807) is 12.1 Å². The zero-order valence-electron chi connectivity index (χ0n) is 9.98. The van der Waals surface area contributed by atoms with E-state index in [0.717, 1.165) is 18.4 Å². The SMILES string of the molecule is NC1(C(=O)Nc2ccc(CCC(=O)O)cc2)CC1. The van der Waals surface area contributed by atoms with E-state index in [0.29, 0.717) is 12.1 Å². The molecule has 5 heteroatoms. The van der Waals surface area contributed by atoms with Gasteiger partial charge in [-0.15, -0.1) is 0 Å². The van der Waals surface area contributed by atoms with Crippen molar-refractivity contribution < 1.29 is 14.7 Å². The van der Waals surface area contributed by atoms with Gasteiger partial charge in [-0.2, -0.15) is 0 Å². The Kier molecular flexibility index (Phi) is 3.34. The first-order valence-electron chi connectivity index (χ1n) is 5.91. The number of hydrogen-bond acceptors (Lipinski definition) is 3. The average Bonchev–Trinajstić information content (AvgIpc) is 3.08. The maximum Gasteiger partial charge on any atom is 0.303 e. The van der Waals surface area contributed by atoms with Crippen LogP contribution in [0, 0.1) is 0 Å². The third-order valence-electron chi connectivity index (χ3n) is 3.08. The molecule has 1 aromatic carbocycles. The lowest BCUT2D eigenvalue weighted by atomic mass is 10.1. The van der Waals surface area contributed by atoms with Crippen LogP contribution in [0.3, 0.4) is 0 Å². The van der Waals surface area contributed by atoms with Crippen LogP contribution in [0.4, 0.5) is 5.69 Å². The Balaban J connectivity index is 1.91. The third-order valence-corrected chi connectivity index (χ3v) is 3.08. The highest BCUT2D eigenvalue weighted by Gasteiger charge is 2.45. The van der Waals surface area contributed by atoms with E-state index >= 15 is 0 Å². The Morgan fingerprint density at radius 3 is 2.39 bits per heavy atom. The van der Waals surface area contributed by atoms with Crippen molar-refractivity contribution in [3.63, 3.8) is 0 Å². The summed E-state index contributed by atoms with van der Waals surface area (Å²) in [4.78, 5) is 22.1. The highest BCUT2D eigenvalue weighted by atomic mass is 16.4. The Morgan fingerprint density at radius 2 is 1.89 bits per heavy atom. The average molecular weight is 248 g/mol. The van der Waals surface area contributed by atoms with Gasteiger partial charge < -0.3 is 16.2 Å².